The van der Waals surface area contributed by atoms with Crippen molar-refractivity contribution in [1.82, 2.24) is 0 Å². The normalized spacial score (nSPS) is 17.5. The third-order valence-electron chi connectivity index (χ3n) is 3.88. The van der Waals surface area contributed by atoms with E-state index in [1.165, 1.54) is 6.07 Å². The van der Waals surface area contributed by atoms with Crippen molar-refractivity contribution in [3.05, 3.63) is 64.1 Å². The molecule has 0 aliphatic carbocycles. The van der Waals surface area contributed by atoms with Crippen LogP contribution < -0.4 is 10.4 Å². The van der Waals surface area contributed by atoms with Gasteiger partial charge in [0.05, 0.1) is 12.2 Å². The molecule has 0 unspecified atom stereocenters. The minimum absolute atomic E-state index is 0.298. The molecule has 0 bridgehead atoms. The predicted molar refractivity (Wildman–Crippen MR) is 91.4 cm³/mol. The van der Waals surface area contributed by atoms with Crippen molar-refractivity contribution in [2.24, 2.45) is 0 Å². The van der Waals surface area contributed by atoms with Crippen molar-refractivity contribution >= 4 is 16.9 Å². The molecule has 1 aromatic heterocycles. The number of ether oxygens (including phenoxy) is 2. The fourth-order valence-corrected chi connectivity index (χ4v) is 2.57. The van der Waals surface area contributed by atoms with Crippen LogP contribution in [0, 0.1) is 0 Å². The lowest BCUT2D eigenvalue weighted by Gasteiger charge is -2.09. The van der Waals surface area contributed by atoms with E-state index in [1.807, 2.05) is 19.1 Å². The van der Waals surface area contributed by atoms with Gasteiger partial charge < -0.3 is 19.0 Å². The maximum atomic E-state index is 11.4. The second-order valence-electron chi connectivity index (χ2n) is 5.81. The molecule has 130 valence electrons. The van der Waals surface area contributed by atoms with Gasteiger partial charge in [-0.2, -0.15) is 0 Å². The number of fused-ring (bicyclic) bond motifs is 1. The highest BCUT2D eigenvalue weighted by atomic mass is 16.5. The van der Waals surface area contributed by atoms with Gasteiger partial charge >= 0.3 is 11.6 Å². The molecule has 1 aliphatic rings. The second kappa shape index (κ2) is 7.36. The van der Waals surface area contributed by atoms with E-state index in [9.17, 15) is 9.59 Å². The third kappa shape index (κ3) is 4.16. The van der Waals surface area contributed by atoms with Crippen molar-refractivity contribution < 1.29 is 23.8 Å². The number of benzene rings is 1. The average molecular weight is 342 g/mol. The molecule has 2 heterocycles. The molecule has 1 aliphatic heterocycles. The first kappa shape index (κ1) is 17.0. The van der Waals surface area contributed by atoms with Crippen LogP contribution in [0.5, 0.6) is 5.75 Å². The van der Waals surface area contributed by atoms with Gasteiger partial charge in [0.25, 0.3) is 0 Å². The molecule has 6 nitrogen and oxygen atoms in total. The molecule has 0 radical (unpaired) electrons. The summed E-state index contributed by atoms with van der Waals surface area (Å²) < 4.78 is 15.9. The summed E-state index contributed by atoms with van der Waals surface area (Å²) in [6.45, 7) is 1.95. The molecule has 2 aromatic rings. The number of hydrogen-bond donors (Lipinski definition) is 1. The van der Waals surface area contributed by atoms with Crippen molar-refractivity contribution in [3.63, 3.8) is 0 Å². The fourth-order valence-electron chi connectivity index (χ4n) is 2.57. The molecule has 3 rings (SSSR count). The Hall–Kier alpha value is -2.86. The molecular formula is C19H18O6. The van der Waals surface area contributed by atoms with Gasteiger partial charge in [-0.1, -0.05) is 5.57 Å². The van der Waals surface area contributed by atoms with Crippen LogP contribution in [-0.4, -0.2) is 30.4 Å². The second-order valence-corrected chi connectivity index (χ2v) is 5.81. The third-order valence-corrected chi connectivity index (χ3v) is 3.88. The number of carbonyl (C=O) groups is 1. The van der Waals surface area contributed by atoms with Crippen LogP contribution in [0.25, 0.3) is 11.0 Å². The molecule has 1 N–H and O–H groups in total. The van der Waals surface area contributed by atoms with Crippen LogP contribution in [0.3, 0.4) is 0 Å². The van der Waals surface area contributed by atoms with E-state index < -0.39 is 11.6 Å². The van der Waals surface area contributed by atoms with Gasteiger partial charge in [-0.3, -0.25) is 0 Å². The zero-order valence-electron chi connectivity index (χ0n) is 13.7. The Morgan fingerprint density at radius 1 is 1.28 bits per heavy atom. The van der Waals surface area contributed by atoms with Crippen LogP contribution >= 0.6 is 0 Å². The van der Waals surface area contributed by atoms with Gasteiger partial charge in [0.1, 0.15) is 24.0 Å². The maximum absolute atomic E-state index is 11.4. The minimum atomic E-state index is -0.464. The monoisotopic (exact) mass is 342 g/mol. The molecule has 25 heavy (non-hydrogen) atoms. The SMILES string of the molecule is CC(=CCOc1ccc2ccc(=O)oc2c1)C[C@@H]1C=C(CO)C(=O)O1. The number of esters is 1. The molecule has 0 saturated carbocycles. The number of aliphatic hydroxyl groups excluding tert-OH is 1. The van der Waals surface area contributed by atoms with E-state index in [1.54, 1.807) is 24.3 Å². The number of hydrogen-bond acceptors (Lipinski definition) is 6. The summed E-state index contributed by atoms with van der Waals surface area (Å²) in [7, 11) is 0. The zero-order valence-corrected chi connectivity index (χ0v) is 13.7. The Kier molecular flexibility index (Phi) is 5.00. The minimum Gasteiger partial charge on any atom is -0.489 e. The highest BCUT2D eigenvalue weighted by Gasteiger charge is 2.24. The number of aliphatic hydroxyl groups is 1. The first-order valence-corrected chi connectivity index (χ1v) is 7.90. The quantitative estimate of drug-likeness (QED) is 0.493. The highest BCUT2D eigenvalue weighted by molar-refractivity contribution is 5.91. The first-order chi connectivity index (χ1) is 12.0. The average Bonchev–Trinajstić information content (AvgIpc) is 2.93. The van der Waals surface area contributed by atoms with Gasteiger partial charge in [0, 0.05) is 23.9 Å². The number of carbonyl (C=O) groups excluding carboxylic acids is 1. The standard InChI is InChI=1S/C19H18O6/c1-12(8-16-9-14(11-20)19(22)24-16)6-7-23-15-4-2-13-3-5-18(21)25-17(13)10-15/h2-6,9-10,16,20H,7-8,11H2,1H3/t16-/m1/s1. The van der Waals surface area contributed by atoms with E-state index in [0.29, 0.717) is 29.9 Å². The van der Waals surface area contributed by atoms with Gasteiger partial charge in [0.15, 0.2) is 0 Å². The summed E-state index contributed by atoms with van der Waals surface area (Å²) in [6, 6.07) is 8.38. The maximum Gasteiger partial charge on any atom is 0.336 e. The summed E-state index contributed by atoms with van der Waals surface area (Å²) in [5.74, 6) is 0.134. The van der Waals surface area contributed by atoms with Crippen LogP contribution in [-0.2, 0) is 9.53 Å². The van der Waals surface area contributed by atoms with E-state index in [0.717, 1.165) is 11.0 Å². The van der Waals surface area contributed by atoms with E-state index in [2.05, 4.69) is 0 Å². The summed E-state index contributed by atoms with van der Waals surface area (Å²) >= 11 is 0. The Balaban J connectivity index is 1.58. The predicted octanol–water partition coefficient (Wildman–Crippen LogP) is 2.35. The van der Waals surface area contributed by atoms with Crippen molar-refractivity contribution in [1.29, 1.82) is 0 Å². The van der Waals surface area contributed by atoms with E-state index in [-0.39, 0.29) is 12.7 Å². The highest BCUT2D eigenvalue weighted by Crippen LogP contribution is 2.21. The molecule has 0 saturated heterocycles. The number of cyclic esters (lactones) is 1. The first-order valence-electron chi connectivity index (χ1n) is 7.90. The van der Waals surface area contributed by atoms with Gasteiger partial charge in [-0.05, 0) is 37.3 Å². The molecule has 1 atom stereocenters. The van der Waals surface area contributed by atoms with Gasteiger partial charge in [-0.15, -0.1) is 0 Å². The van der Waals surface area contributed by atoms with Crippen molar-refractivity contribution in [3.8, 4) is 5.75 Å². The van der Waals surface area contributed by atoms with Crippen LogP contribution in [0.4, 0.5) is 0 Å². The fraction of sp³-hybridized carbons (Fsp3) is 0.263. The Labute approximate surface area is 144 Å². The van der Waals surface area contributed by atoms with Crippen LogP contribution in [0.1, 0.15) is 13.3 Å². The molecule has 0 spiro atoms. The van der Waals surface area contributed by atoms with Crippen LogP contribution in [0.2, 0.25) is 0 Å². The zero-order chi connectivity index (χ0) is 17.8. The van der Waals surface area contributed by atoms with Crippen LogP contribution in [0.15, 0.2) is 62.8 Å². The molecule has 1 aromatic carbocycles. The van der Waals surface area contributed by atoms with Crippen molar-refractivity contribution in [2.75, 3.05) is 13.2 Å². The number of rotatable bonds is 6. The lowest BCUT2D eigenvalue weighted by molar-refractivity contribution is -0.139. The van der Waals surface area contributed by atoms with Crippen molar-refractivity contribution in [2.45, 2.75) is 19.4 Å². The Bertz CT molecular complexity index is 906. The molecular weight excluding hydrogens is 324 g/mol. The molecule has 0 amide bonds. The Morgan fingerprint density at radius 2 is 2.08 bits per heavy atom. The lowest BCUT2D eigenvalue weighted by Crippen LogP contribution is -2.09. The molecule has 6 heteroatoms. The summed E-state index contributed by atoms with van der Waals surface area (Å²) in [4.78, 5) is 22.7. The Morgan fingerprint density at radius 3 is 2.84 bits per heavy atom. The smallest absolute Gasteiger partial charge is 0.336 e. The lowest BCUT2D eigenvalue weighted by atomic mass is 10.1. The summed E-state index contributed by atoms with van der Waals surface area (Å²) in [5, 5.41) is 9.84. The molecule has 0 fully saturated rings. The summed E-state index contributed by atoms with van der Waals surface area (Å²) in [5.41, 5.74) is 1.37. The summed E-state index contributed by atoms with van der Waals surface area (Å²) in [6.07, 6.45) is 3.74. The van der Waals surface area contributed by atoms with E-state index in [4.69, 9.17) is 19.0 Å². The van der Waals surface area contributed by atoms with Gasteiger partial charge in [0.2, 0.25) is 0 Å². The topological polar surface area (TPSA) is 86.0 Å². The largest absolute Gasteiger partial charge is 0.489 e. The van der Waals surface area contributed by atoms with Gasteiger partial charge in [-0.25, -0.2) is 9.59 Å². The van der Waals surface area contributed by atoms with E-state index >= 15 is 0 Å².